The van der Waals surface area contributed by atoms with Crippen LogP contribution >= 0.6 is 0 Å². The second kappa shape index (κ2) is 8.42. The summed E-state index contributed by atoms with van der Waals surface area (Å²) >= 11 is 0. The number of benzene rings is 3. The minimum atomic E-state index is -0.311. The van der Waals surface area contributed by atoms with Crippen molar-refractivity contribution in [3.8, 4) is 33.5 Å². The number of halogens is 1. The molecular weight excluding hydrogens is 373 g/mol. The molecule has 148 valence electrons. The molecule has 3 heteroatoms. The minimum Gasteiger partial charge on any atom is -0.298 e. The average Bonchev–Trinajstić information content (AvgIpc) is 2.79. The van der Waals surface area contributed by atoms with E-state index in [0.29, 0.717) is 5.56 Å². The Kier molecular flexibility index (Phi) is 5.53. The Morgan fingerprint density at radius 1 is 0.733 bits per heavy atom. The summed E-state index contributed by atoms with van der Waals surface area (Å²) in [4.78, 5) is 17.3. The van der Waals surface area contributed by atoms with Gasteiger partial charge in [-0.25, -0.2) is 4.39 Å². The summed E-state index contributed by atoms with van der Waals surface area (Å²) in [6.07, 6.45) is 0.877. The number of hydrogen-bond donors (Lipinski definition) is 0. The number of carbonyl (C=O) groups is 1. The van der Waals surface area contributed by atoms with Crippen LogP contribution in [0.15, 0.2) is 84.9 Å². The maximum absolute atomic E-state index is 13.7. The van der Waals surface area contributed by atoms with Crippen molar-refractivity contribution in [1.29, 1.82) is 0 Å². The highest BCUT2D eigenvalue weighted by Gasteiger charge is 2.24. The lowest BCUT2D eigenvalue weighted by Crippen LogP contribution is -2.07. The largest absolute Gasteiger partial charge is 0.298 e. The van der Waals surface area contributed by atoms with Crippen molar-refractivity contribution in [2.45, 2.75) is 19.8 Å². The Morgan fingerprint density at radius 2 is 1.27 bits per heavy atom. The summed E-state index contributed by atoms with van der Waals surface area (Å²) in [5, 5.41) is 0. The van der Waals surface area contributed by atoms with Gasteiger partial charge in [0.05, 0.1) is 11.4 Å². The second-order valence-corrected chi connectivity index (χ2v) is 7.52. The lowest BCUT2D eigenvalue weighted by molar-refractivity contribution is 0.112. The van der Waals surface area contributed by atoms with E-state index in [9.17, 15) is 9.18 Å². The molecule has 0 aliphatic rings. The first-order valence-corrected chi connectivity index (χ1v) is 10.00. The van der Waals surface area contributed by atoms with Crippen LogP contribution in [-0.4, -0.2) is 11.3 Å². The van der Waals surface area contributed by atoms with Crippen molar-refractivity contribution < 1.29 is 9.18 Å². The van der Waals surface area contributed by atoms with E-state index in [2.05, 4.69) is 0 Å². The van der Waals surface area contributed by atoms with Gasteiger partial charge in [-0.3, -0.25) is 9.78 Å². The fourth-order valence-corrected chi connectivity index (χ4v) is 3.78. The summed E-state index contributed by atoms with van der Waals surface area (Å²) in [5.41, 5.74) is 6.49. The van der Waals surface area contributed by atoms with Crippen molar-refractivity contribution in [3.05, 3.63) is 102 Å². The molecule has 0 fully saturated rings. The van der Waals surface area contributed by atoms with Gasteiger partial charge in [0.15, 0.2) is 6.29 Å². The van der Waals surface area contributed by atoms with Crippen LogP contribution in [0.1, 0.15) is 35.8 Å². The number of carbonyl (C=O) groups excluding carboxylic acids is 1. The number of aromatic nitrogens is 1. The van der Waals surface area contributed by atoms with Crippen LogP contribution in [0.4, 0.5) is 4.39 Å². The average molecular weight is 395 g/mol. The number of pyridine rings is 1. The van der Waals surface area contributed by atoms with E-state index in [4.69, 9.17) is 4.98 Å². The Morgan fingerprint density at radius 3 is 1.80 bits per heavy atom. The first kappa shape index (κ1) is 19.7. The van der Waals surface area contributed by atoms with E-state index in [1.165, 1.54) is 12.1 Å². The highest BCUT2D eigenvalue weighted by atomic mass is 19.1. The number of aldehydes is 1. The SMILES string of the molecule is CC(C)c1nc(-c2ccccc2)c(-c2ccccc2)c(-c2ccc(F)cc2)c1C=O. The van der Waals surface area contributed by atoms with Gasteiger partial charge in [-0.15, -0.1) is 0 Å². The molecule has 0 N–H and O–H groups in total. The van der Waals surface area contributed by atoms with Gasteiger partial charge in [-0.05, 0) is 29.2 Å². The summed E-state index contributed by atoms with van der Waals surface area (Å²) in [5.74, 6) is -0.259. The van der Waals surface area contributed by atoms with Crippen molar-refractivity contribution in [2.24, 2.45) is 0 Å². The van der Waals surface area contributed by atoms with E-state index in [-0.39, 0.29) is 11.7 Å². The predicted octanol–water partition coefficient (Wildman–Crippen LogP) is 7.16. The van der Waals surface area contributed by atoms with Gasteiger partial charge in [0.1, 0.15) is 5.82 Å². The molecule has 0 radical (unpaired) electrons. The molecule has 0 saturated carbocycles. The molecule has 0 atom stereocenters. The molecule has 0 unspecified atom stereocenters. The van der Waals surface area contributed by atoms with Gasteiger partial charge in [0, 0.05) is 22.3 Å². The van der Waals surface area contributed by atoms with Crippen molar-refractivity contribution in [1.82, 2.24) is 4.98 Å². The van der Waals surface area contributed by atoms with E-state index < -0.39 is 0 Å². The van der Waals surface area contributed by atoms with Gasteiger partial charge >= 0.3 is 0 Å². The topological polar surface area (TPSA) is 30.0 Å². The second-order valence-electron chi connectivity index (χ2n) is 7.52. The minimum absolute atomic E-state index is 0.0525. The van der Waals surface area contributed by atoms with Gasteiger partial charge in [0.25, 0.3) is 0 Å². The Bertz CT molecular complexity index is 1170. The van der Waals surface area contributed by atoms with Crippen LogP contribution < -0.4 is 0 Å². The Hall–Kier alpha value is -3.59. The number of rotatable bonds is 5. The van der Waals surface area contributed by atoms with Crippen LogP contribution in [0.5, 0.6) is 0 Å². The highest BCUT2D eigenvalue weighted by Crippen LogP contribution is 2.42. The molecule has 1 heterocycles. The van der Waals surface area contributed by atoms with E-state index in [1.807, 2.05) is 74.5 Å². The number of nitrogens with zero attached hydrogens (tertiary/aromatic N) is 1. The van der Waals surface area contributed by atoms with Gasteiger partial charge < -0.3 is 0 Å². The molecule has 1 aromatic heterocycles. The molecule has 2 nitrogen and oxygen atoms in total. The fraction of sp³-hybridized carbons (Fsp3) is 0.111. The first-order valence-electron chi connectivity index (χ1n) is 10.00. The third-order valence-electron chi connectivity index (χ3n) is 5.17. The molecule has 4 aromatic rings. The molecule has 0 spiro atoms. The van der Waals surface area contributed by atoms with Crippen LogP contribution in [0.3, 0.4) is 0 Å². The summed E-state index contributed by atoms with van der Waals surface area (Å²) in [6, 6.07) is 26.2. The number of hydrogen-bond acceptors (Lipinski definition) is 2. The standard InChI is InChI=1S/C27H22FNO/c1-18(2)26-23(17-30)24(20-13-15-22(28)16-14-20)25(19-9-5-3-6-10-19)27(29-26)21-11-7-4-8-12-21/h3-18H,1-2H3. The predicted molar refractivity (Wildman–Crippen MR) is 120 cm³/mol. The third-order valence-corrected chi connectivity index (χ3v) is 5.17. The van der Waals surface area contributed by atoms with E-state index in [1.54, 1.807) is 12.1 Å². The van der Waals surface area contributed by atoms with Crippen molar-refractivity contribution in [2.75, 3.05) is 0 Å². The molecule has 3 aromatic carbocycles. The maximum atomic E-state index is 13.7. The zero-order valence-electron chi connectivity index (χ0n) is 17.0. The normalized spacial score (nSPS) is 10.9. The Labute approximate surface area is 176 Å². The summed E-state index contributed by atoms with van der Waals surface area (Å²) in [6.45, 7) is 4.06. The first-order chi connectivity index (χ1) is 14.6. The van der Waals surface area contributed by atoms with E-state index >= 15 is 0 Å². The zero-order chi connectivity index (χ0) is 21.1. The van der Waals surface area contributed by atoms with Gasteiger partial charge in [0.2, 0.25) is 0 Å². The van der Waals surface area contributed by atoms with Crippen molar-refractivity contribution >= 4 is 6.29 Å². The zero-order valence-corrected chi connectivity index (χ0v) is 17.0. The lowest BCUT2D eigenvalue weighted by Gasteiger charge is -2.21. The highest BCUT2D eigenvalue weighted by molar-refractivity contribution is 6.01. The van der Waals surface area contributed by atoms with Crippen LogP contribution in [-0.2, 0) is 0 Å². The molecule has 30 heavy (non-hydrogen) atoms. The quantitative estimate of drug-likeness (QED) is 0.336. The fourth-order valence-electron chi connectivity index (χ4n) is 3.78. The Balaban J connectivity index is 2.18. The molecule has 0 amide bonds. The van der Waals surface area contributed by atoms with Gasteiger partial charge in [-0.1, -0.05) is 86.6 Å². The summed E-state index contributed by atoms with van der Waals surface area (Å²) < 4.78 is 13.7. The van der Waals surface area contributed by atoms with Crippen molar-refractivity contribution in [3.63, 3.8) is 0 Å². The molecule has 0 bridgehead atoms. The van der Waals surface area contributed by atoms with E-state index in [0.717, 1.165) is 45.5 Å². The third kappa shape index (κ3) is 3.67. The maximum Gasteiger partial charge on any atom is 0.152 e. The lowest BCUT2D eigenvalue weighted by atomic mass is 9.85. The summed E-state index contributed by atoms with van der Waals surface area (Å²) in [7, 11) is 0. The monoisotopic (exact) mass is 395 g/mol. The molecule has 0 saturated heterocycles. The molecule has 4 rings (SSSR count). The van der Waals surface area contributed by atoms with Crippen LogP contribution in [0, 0.1) is 5.82 Å². The molecular formula is C27H22FNO. The smallest absolute Gasteiger partial charge is 0.152 e. The molecule has 0 aliphatic carbocycles. The molecule has 0 aliphatic heterocycles. The van der Waals surface area contributed by atoms with Crippen LogP contribution in [0.25, 0.3) is 33.5 Å². The van der Waals surface area contributed by atoms with Gasteiger partial charge in [-0.2, -0.15) is 0 Å². The van der Waals surface area contributed by atoms with Crippen LogP contribution in [0.2, 0.25) is 0 Å².